The van der Waals surface area contributed by atoms with Crippen molar-refractivity contribution in [3.63, 3.8) is 0 Å². The van der Waals surface area contributed by atoms with Crippen LogP contribution in [0, 0.1) is 6.92 Å². The van der Waals surface area contributed by atoms with Crippen LogP contribution in [0.2, 0.25) is 0 Å². The number of hydrogen-bond donors (Lipinski definition) is 2. The average Bonchev–Trinajstić information content (AvgIpc) is 3.22. The maximum absolute atomic E-state index is 4.58. The van der Waals surface area contributed by atoms with Crippen LogP contribution in [-0.2, 0) is 6.54 Å². The number of nitrogens with one attached hydrogen (secondary N) is 2. The van der Waals surface area contributed by atoms with Gasteiger partial charge in [0.25, 0.3) is 0 Å². The summed E-state index contributed by atoms with van der Waals surface area (Å²) in [6, 6.07) is 14.4. The second-order valence-electron chi connectivity index (χ2n) is 6.79. The Kier molecular flexibility index (Phi) is 5.14. The molecule has 3 heterocycles. The highest BCUT2D eigenvalue weighted by Crippen LogP contribution is 2.23. The summed E-state index contributed by atoms with van der Waals surface area (Å²) in [5.41, 5.74) is 4.35. The maximum Gasteiger partial charge on any atom is 0.229 e. The van der Waals surface area contributed by atoms with Crippen molar-refractivity contribution in [1.29, 1.82) is 0 Å². The van der Waals surface area contributed by atoms with E-state index >= 15 is 0 Å². The van der Waals surface area contributed by atoms with Gasteiger partial charge in [-0.1, -0.05) is 0 Å². The second kappa shape index (κ2) is 8.03. The van der Waals surface area contributed by atoms with Gasteiger partial charge in [-0.3, -0.25) is 4.98 Å². The molecule has 1 aliphatic heterocycles. The Morgan fingerprint density at radius 3 is 2.44 bits per heavy atom. The SMILES string of the molecule is Cc1cc(NCc2ccncc2)nc(Nc2ccc(N3CCCC3)cc2)n1. The normalized spacial score (nSPS) is 13.6. The lowest BCUT2D eigenvalue weighted by molar-refractivity contribution is 0.949. The van der Waals surface area contributed by atoms with Crippen molar-refractivity contribution in [2.45, 2.75) is 26.3 Å². The monoisotopic (exact) mass is 360 g/mol. The summed E-state index contributed by atoms with van der Waals surface area (Å²) in [7, 11) is 0. The maximum atomic E-state index is 4.58. The smallest absolute Gasteiger partial charge is 0.229 e. The first-order valence-electron chi connectivity index (χ1n) is 9.37. The van der Waals surface area contributed by atoms with E-state index in [9.17, 15) is 0 Å². The van der Waals surface area contributed by atoms with Crippen molar-refractivity contribution < 1.29 is 0 Å². The van der Waals surface area contributed by atoms with Crippen LogP contribution in [0.3, 0.4) is 0 Å². The fourth-order valence-corrected chi connectivity index (χ4v) is 3.27. The Morgan fingerprint density at radius 2 is 1.70 bits per heavy atom. The molecule has 6 nitrogen and oxygen atoms in total. The van der Waals surface area contributed by atoms with Crippen LogP contribution in [0.25, 0.3) is 0 Å². The van der Waals surface area contributed by atoms with E-state index in [4.69, 9.17) is 0 Å². The number of benzene rings is 1. The predicted molar refractivity (Wildman–Crippen MR) is 110 cm³/mol. The van der Waals surface area contributed by atoms with Gasteiger partial charge in [0.2, 0.25) is 5.95 Å². The summed E-state index contributed by atoms with van der Waals surface area (Å²) in [5, 5.41) is 6.66. The molecule has 1 fully saturated rings. The molecule has 0 amide bonds. The van der Waals surface area contributed by atoms with Gasteiger partial charge in [-0.25, -0.2) is 4.98 Å². The molecule has 1 aliphatic rings. The fraction of sp³-hybridized carbons (Fsp3) is 0.286. The van der Waals surface area contributed by atoms with Crippen LogP contribution in [0.4, 0.5) is 23.1 Å². The van der Waals surface area contributed by atoms with Crippen molar-refractivity contribution in [1.82, 2.24) is 15.0 Å². The van der Waals surface area contributed by atoms with Crippen LogP contribution >= 0.6 is 0 Å². The summed E-state index contributed by atoms with van der Waals surface area (Å²) in [4.78, 5) is 15.6. The van der Waals surface area contributed by atoms with Crippen molar-refractivity contribution >= 4 is 23.1 Å². The van der Waals surface area contributed by atoms with Crippen molar-refractivity contribution in [2.75, 3.05) is 28.6 Å². The number of aryl methyl sites for hydroxylation is 1. The molecule has 1 saturated heterocycles. The van der Waals surface area contributed by atoms with Gasteiger partial charge in [0.05, 0.1) is 0 Å². The standard InChI is InChI=1S/C21H24N6/c1-16-14-20(23-15-17-8-10-22-11-9-17)26-21(24-16)25-18-4-6-19(7-5-18)27-12-2-3-13-27/h4-11,14H,2-3,12-13,15H2,1H3,(H2,23,24,25,26). The molecule has 0 radical (unpaired) electrons. The molecule has 2 aromatic heterocycles. The van der Waals surface area contributed by atoms with Crippen LogP contribution < -0.4 is 15.5 Å². The highest BCUT2D eigenvalue weighted by Gasteiger charge is 2.12. The number of anilines is 4. The lowest BCUT2D eigenvalue weighted by Gasteiger charge is -2.18. The topological polar surface area (TPSA) is 66.0 Å². The molecule has 0 unspecified atom stereocenters. The Balaban J connectivity index is 1.43. The van der Waals surface area contributed by atoms with Gasteiger partial charge in [0.1, 0.15) is 5.82 Å². The summed E-state index contributed by atoms with van der Waals surface area (Å²) in [6.07, 6.45) is 6.15. The van der Waals surface area contributed by atoms with Gasteiger partial charge in [0.15, 0.2) is 0 Å². The third-order valence-electron chi connectivity index (χ3n) is 4.67. The van der Waals surface area contributed by atoms with E-state index in [1.54, 1.807) is 12.4 Å². The highest BCUT2D eigenvalue weighted by molar-refractivity contribution is 5.60. The largest absolute Gasteiger partial charge is 0.372 e. The molecule has 0 bridgehead atoms. The molecule has 0 saturated carbocycles. The average molecular weight is 360 g/mol. The van der Waals surface area contributed by atoms with E-state index < -0.39 is 0 Å². The van der Waals surface area contributed by atoms with Gasteiger partial charge in [-0.05, 0) is 61.7 Å². The zero-order valence-corrected chi connectivity index (χ0v) is 15.5. The van der Waals surface area contributed by atoms with Crippen LogP contribution in [-0.4, -0.2) is 28.0 Å². The van der Waals surface area contributed by atoms with E-state index in [-0.39, 0.29) is 0 Å². The van der Waals surface area contributed by atoms with Gasteiger partial charge in [0, 0.05) is 55.2 Å². The number of hydrogen-bond acceptors (Lipinski definition) is 6. The van der Waals surface area contributed by atoms with Crippen molar-refractivity contribution in [3.8, 4) is 0 Å². The number of aromatic nitrogens is 3. The lowest BCUT2D eigenvalue weighted by Crippen LogP contribution is -2.17. The Morgan fingerprint density at radius 1 is 0.963 bits per heavy atom. The van der Waals surface area contributed by atoms with Gasteiger partial charge in [-0.2, -0.15) is 4.98 Å². The molecule has 3 aromatic rings. The lowest BCUT2D eigenvalue weighted by atomic mass is 10.2. The summed E-state index contributed by atoms with van der Waals surface area (Å²) < 4.78 is 0. The van der Waals surface area contributed by atoms with Crippen LogP contribution in [0.15, 0.2) is 54.9 Å². The van der Waals surface area contributed by atoms with E-state index in [1.807, 2.05) is 25.1 Å². The molecule has 0 spiro atoms. The third kappa shape index (κ3) is 4.53. The Bertz CT molecular complexity index is 873. The summed E-state index contributed by atoms with van der Waals surface area (Å²) in [5.74, 6) is 1.40. The molecule has 0 aliphatic carbocycles. The minimum Gasteiger partial charge on any atom is -0.372 e. The summed E-state index contributed by atoms with van der Waals surface area (Å²) in [6.45, 7) is 4.98. The first-order chi connectivity index (χ1) is 13.3. The van der Waals surface area contributed by atoms with Crippen LogP contribution in [0.5, 0.6) is 0 Å². The number of rotatable bonds is 6. The van der Waals surface area contributed by atoms with E-state index in [0.717, 1.165) is 35.9 Å². The van der Waals surface area contributed by atoms with E-state index in [2.05, 4.69) is 54.8 Å². The number of pyridine rings is 1. The molecule has 138 valence electrons. The Hall–Kier alpha value is -3.15. The van der Waals surface area contributed by atoms with Gasteiger partial charge in [-0.15, -0.1) is 0 Å². The zero-order valence-electron chi connectivity index (χ0n) is 15.5. The molecule has 4 rings (SSSR count). The second-order valence-corrected chi connectivity index (χ2v) is 6.79. The molecule has 6 heteroatoms. The molecule has 0 atom stereocenters. The number of nitrogens with zero attached hydrogens (tertiary/aromatic N) is 4. The zero-order chi connectivity index (χ0) is 18.5. The van der Waals surface area contributed by atoms with Gasteiger partial charge >= 0.3 is 0 Å². The fourth-order valence-electron chi connectivity index (χ4n) is 3.27. The first-order valence-corrected chi connectivity index (χ1v) is 9.37. The minimum absolute atomic E-state index is 0.598. The highest BCUT2D eigenvalue weighted by atomic mass is 15.2. The minimum atomic E-state index is 0.598. The molecule has 1 aromatic carbocycles. The van der Waals surface area contributed by atoms with E-state index in [0.29, 0.717) is 12.5 Å². The molecular weight excluding hydrogens is 336 g/mol. The molecular formula is C21H24N6. The third-order valence-corrected chi connectivity index (χ3v) is 4.67. The van der Waals surface area contributed by atoms with Crippen LogP contribution in [0.1, 0.15) is 24.1 Å². The van der Waals surface area contributed by atoms with Crippen molar-refractivity contribution in [2.24, 2.45) is 0 Å². The first kappa shape index (κ1) is 17.3. The quantitative estimate of drug-likeness (QED) is 0.689. The Labute approximate surface area is 159 Å². The predicted octanol–water partition coefficient (Wildman–Crippen LogP) is 4.14. The molecule has 2 N–H and O–H groups in total. The van der Waals surface area contributed by atoms with Gasteiger partial charge < -0.3 is 15.5 Å². The summed E-state index contributed by atoms with van der Waals surface area (Å²) >= 11 is 0. The molecule has 27 heavy (non-hydrogen) atoms. The van der Waals surface area contributed by atoms with Crippen molar-refractivity contribution in [3.05, 3.63) is 66.1 Å². The van der Waals surface area contributed by atoms with E-state index in [1.165, 1.54) is 18.5 Å².